The number of nitrogens with two attached hydrogens (primary N) is 1. The van der Waals surface area contributed by atoms with E-state index in [0.717, 1.165) is 88.3 Å². The molecule has 3 aromatic carbocycles. The van der Waals surface area contributed by atoms with Gasteiger partial charge in [0.1, 0.15) is 23.0 Å². The Labute approximate surface area is 287 Å². The molecule has 0 spiro atoms. The van der Waals surface area contributed by atoms with E-state index in [2.05, 4.69) is 69.7 Å². The van der Waals surface area contributed by atoms with Gasteiger partial charge in [0.25, 0.3) is 0 Å². The molecular weight excluding hydrogens is 626 g/mol. The second kappa shape index (κ2) is 13.7. The third-order valence-electron chi connectivity index (χ3n) is 8.96. The number of aliphatic hydroxyl groups is 1. The van der Waals surface area contributed by atoms with Gasteiger partial charge in [-0.1, -0.05) is 24.3 Å². The number of pyridine rings is 1. The number of anilines is 4. The van der Waals surface area contributed by atoms with Gasteiger partial charge in [0.15, 0.2) is 5.65 Å². The average molecular weight is 664 g/mol. The van der Waals surface area contributed by atoms with E-state index in [1.807, 2.05) is 67.0 Å². The summed E-state index contributed by atoms with van der Waals surface area (Å²) in [5.41, 5.74) is 14.4. The van der Waals surface area contributed by atoms with Gasteiger partial charge in [0.2, 0.25) is 0 Å². The van der Waals surface area contributed by atoms with E-state index in [4.69, 9.17) is 10.7 Å². The number of piperidine rings is 1. The van der Waals surface area contributed by atoms with Crippen molar-refractivity contribution in [1.29, 1.82) is 0 Å². The highest BCUT2D eigenvalue weighted by atomic mass is 16.3. The standard InChI is InChI=1S/C21H23N7O.C17H14N4/c22-14-9-13(16-3-6-23-18(16)10-14)11-25-19-12-24-17-1-2-20(27-21(17)26-19)28-7-4-15(29)5-8-28;1-2-4-15-14(3-1)19-11-17(21-15)20-10-12-5-6-13-7-8-18-16(13)9-12/h1-3,6,9-10,12,15,23,29H,4-5,7-8,11,22H2,(H,25,26,27);1-9,11,18H,10H2,(H,20,21). The maximum atomic E-state index is 9.72. The number of benzene rings is 3. The van der Waals surface area contributed by atoms with E-state index < -0.39 is 0 Å². The molecule has 0 radical (unpaired) electrons. The maximum Gasteiger partial charge on any atom is 0.182 e. The minimum absolute atomic E-state index is 0.208. The predicted molar refractivity (Wildman–Crippen MR) is 200 cm³/mol. The topological polar surface area (TPSA) is 170 Å². The molecule has 0 unspecified atom stereocenters. The number of para-hydroxylation sites is 2. The van der Waals surface area contributed by atoms with Crippen molar-refractivity contribution in [1.82, 2.24) is 34.9 Å². The highest BCUT2D eigenvalue weighted by molar-refractivity contribution is 5.86. The number of aromatic nitrogens is 7. The Morgan fingerprint density at radius 3 is 2.38 bits per heavy atom. The van der Waals surface area contributed by atoms with Gasteiger partial charge in [-0.3, -0.25) is 4.98 Å². The summed E-state index contributed by atoms with van der Waals surface area (Å²) in [5, 5.41) is 18.7. The van der Waals surface area contributed by atoms with E-state index in [1.165, 1.54) is 10.9 Å². The number of rotatable bonds is 7. The van der Waals surface area contributed by atoms with E-state index >= 15 is 0 Å². The van der Waals surface area contributed by atoms with Gasteiger partial charge in [-0.25, -0.2) is 19.9 Å². The van der Waals surface area contributed by atoms with Crippen molar-refractivity contribution in [3.63, 3.8) is 0 Å². The zero-order valence-corrected chi connectivity index (χ0v) is 27.3. The lowest BCUT2D eigenvalue weighted by molar-refractivity contribution is 0.145. The Morgan fingerprint density at radius 2 is 1.50 bits per heavy atom. The van der Waals surface area contributed by atoms with Gasteiger partial charge >= 0.3 is 0 Å². The molecule has 7 N–H and O–H groups in total. The number of aromatic amines is 2. The summed E-state index contributed by atoms with van der Waals surface area (Å²) < 4.78 is 0. The lowest BCUT2D eigenvalue weighted by atomic mass is 10.1. The summed E-state index contributed by atoms with van der Waals surface area (Å²) in [7, 11) is 0. The predicted octanol–water partition coefficient (Wildman–Crippen LogP) is 6.38. The minimum Gasteiger partial charge on any atom is -0.399 e. The van der Waals surface area contributed by atoms with E-state index in [9.17, 15) is 5.11 Å². The smallest absolute Gasteiger partial charge is 0.182 e. The fraction of sp³-hybridized carbons (Fsp3) is 0.184. The number of nitrogen functional groups attached to an aromatic ring is 1. The van der Waals surface area contributed by atoms with Crippen LogP contribution in [0.3, 0.4) is 0 Å². The molecule has 5 aromatic heterocycles. The maximum absolute atomic E-state index is 9.72. The number of hydrogen-bond acceptors (Lipinski definition) is 10. The van der Waals surface area contributed by atoms with Gasteiger partial charge < -0.3 is 36.3 Å². The first-order chi connectivity index (χ1) is 24.5. The Balaban J connectivity index is 0.000000152. The van der Waals surface area contributed by atoms with Crippen molar-refractivity contribution in [2.24, 2.45) is 0 Å². The zero-order chi connectivity index (χ0) is 33.9. The average Bonchev–Trinajstić information content (AvgIpc) is 3.83. The summed E-state index contributed by atoms with van der Waals surface area (Å²) in [5.74, 6) is 2.34. The van der Waals surface area contributed by atoms with E-state index in [-0.39, 0.29) is 6.10 Å². The summed E-state index contributed by atoms with van der Waals surface area (Å²) in [6, 6.07) is 26.2. The van der Waals surface area contributed by atoms with Gasteiger partial charge in [-0.15, -0.1) is 0 Å². The Morgan fingerprint density at radius 1 is 0.740 bits per heavy atom. The Bertz CT molecular complexity index is 2410. The summed E-state index contributed by atoms with van der Waals surface area (Å²) >= 11 is 0. The molecule has 0 amide bonds. The van der Waals surface area contributed by atoms with Crippen LogP contribution in [0.25, 0.3) is 44.0 Å². The molecule has 50 heavy (non-hydrogen) atoms. The highest BCUT2D eigenvalue weighted by Crippen LogP contribution is 2.24. The first-order valence-corrected chi connectivity index (χ1v) is 16.7. The normalized spacial score (nSPS) is 13.5. The quantitative estimate of drug-likeness (QED) is 0.105. The van der Waals surface area contributed by atoms with Crippen LogP contribution in [-0.4, -0.2) is 59.2 Å². The summed E-state index contributed by atoms with van der Waals surface area (Å²) in [4.78, 5) is 31.4. The van der Waals surface area contributed by atoms with Crippen molar-refractivity contribution >= 4 is 67.1 Å². The molecule has 1 aliphatic heterocycles. The molecule has 1 aliphatic rings. The fourth-order valence-corrected chi connectivity index (χ4v) is 6.28. The molecule has 9 rings (SSSR count). The summed E-state index contributed by atoms with van der Waals surface area (Å²) in [6.07, 6.45) is 8.69. The molecule has 250 valence electrons. The van der Waals surface area contributed by atoms with Gasteiger partial charge in [0.05, 0.1) is 29.5 Å². The molecule has 0 saturated carbocycles. The zero-order valence-electron chi connectivity index (χ0n) is 27.3. The molecule has 0 bridgehead atoms. The Hall–Kier alpha value is -6.27. The molecule has 1 saturated heterocycles. The lowest BCUT2D eigenvalue weighted by Crippen LogP contribution is -2.36. The lowest BCUT2D eigenvalue weighted by Gasteiger charge is -2.30. The summed E-state index contributed by atoms with van der Waals surface area (Å²) in [6.45, 7) is 2.91. The van der Waals surface area contributed by atoms with Gasteiger partial charge in [-0.2, -0.15) is 0 Å². The van der Waals surface area contributed by atoms with Gasteiger partial charge in [0, 0.05) is 60.7 Å². The van der Waals surface area contributed by atoms with Crippen molar-refractivity contribution < 1.29 is 5.11 Å². The second-order valence-corrected chi connectivity index (χ2v) is 12.5. The number of nitrogens with zero attached hydrogens (tertiary/aromatic N) is 6. The van der Waals surface area contributed by atoms with Crippen molar-refractivity contribution in [2.45, 2.75) is 32.0 Å². The van der Waals surface area contributed by atoms with Crippen LogP contribution in [0.4, 0.5) is 23.1 Å². The van der Waals surface area contributed by atoms with Crippen LogP contribution in [0.5, 0.6) is 0 Å². The second-order valence-electron chi connectivity index (χ2n) is 12.5. The van der Waals surface area contributed by atoms with Gasteiger partial charge in [-0.05, 0) is 84.0 Å². The molecule has 12 nitrogen and oxygen atoms in total. The molecule has 8 aromatic rings. The van der Waals surface area contributed by atoms with Crippen LogP contribution in [0.1, 0.15) is 24.0 Å². The van der Waals surface area contributed by atoms with Crippen LogP contribution in [0.15, 0.2) is 104 Å². The van der Waals surface area contributed by atoms with Crippen LogP contribution < -0.4 is 21.3 Å². The van der Waals surface area contributed by atoms with Crippen molar-refractivity contribution in [2.75, 3.05) is 34.4 Å². The molecule has 0 atom stereocenters. The van der Waals surface area contributed by atoms with Crippen LogP contribution in [0, 0.1) is 0 Å². The number of fused-ring (bicyclic) bond motifs is 4. The third kappa shape index (κ3) is 6.82. The number of hydrogen-bond donors (Lipinski definition) is 6. The van der Waals surface area contributed by atoms with Crippen LogP contribution >= 0.6 is 0 Å². The molecule has 0 aliphatic carbocycles. The van der Waals surface area contributed by atoms with E-state index in [1.54, 1.807) is 12.4 Å². The first kappa shape index (κ1) is 31.0. The third-order valence-corrected chi connectivity index (χ3v) is 8.96. The number of nitrogens with one attached hydrogen (secondary N) is 4. The monoisotopic (exact) mass is 663 g/mol. The number of aliphatic hydroxyl groups excluding tert-OH is 1. The molecule has 6 heterocycles. The van der Waals surface area contributed by atoms with E-state index in [0.29, 0.717) is 18.0 Å². The van der Waals surface area contributed by atoms with Crippen molar-refractivity contribution in [3.8, 4) is 0 Å². The largest absolute Gasteiger partial charge is 0.399 e. The first-order valence-electron chi connectivity index (χ1n) is 16.7. The highest BCUT2D eigenvalue weighted by Gasteiger charge is 2.18. The van der Waals surface area contributed by atoms with Crippen LogP contribution in [-0.2, 0) is 13.1 Å². The number of H-pyrrole nitrogens is 2. The SMILES string of the molecule is Nc1cc(CNc2cnc3ccc(N4CCC(O)CC4)nc3n2)c2cc[nH]c2c1.c1ccc2nc(NCc3ccc4cc[nH]c4c3)cnc2c1. The molecule has 12 heteroatoms. The van der Waals surface area contributed by atoms with Crippen molar-refractivity contribution in [3.05, 3.63) is 115 Å². The fourth-order valence-electron chi connectivity index (χ4n) is 6.28. The van der Waals surface area contributed by atoms with Crippen LogP contribution in [0.2, 0.25) is 0 Å². The Kier molecular flexibility index (Phi) is 8.49. The molecular formula is C38H37N11O. The molecule has 1 fully saturated rings. The minimum atomic E-state index is -0.208.